The van der Waals surface area contributed by atoms with E-state index in [9.17, 15) is 56.2 Å². The lowest BCUT2D eigenvalue weighted by molar-refractivity contribution is 0.0503. The number of carbonyl (C=O) groups is 7. The van der Waals surface area contributed by atoms with E-state index in [1.165, 1.54) is 91.9 Å². The maximum atomic E-state index is 13.0. The molecular weight excluding hydrogens is 2140 g/mol. The molecule has 4 aliphatic carbocycles. The first-order chi connectivity index (χ1) is 69.7. The number of ether oxygens (including phenoxy) is 9. The minimum absolute atomic E-state index is 0. The summed E-state index contributed by atoms with van der Waals surface area (Å²) in [4.78, 5) is 89.5. The molecule has 148 heavy (non-hydrogen) atoms. The highest BCUT2D eigenvalue weighted by atomic mass is 79.9. The number of hydrogen-bond donors (Lipinski definition) is 5. The van der Waals surface area contributed by atoms with Gasteiger partial charge in [0.2, 0.25) is 0 Å². The van der Waals surface area contributed by atoms with Gasteiger partial charge in [0.05, 0.1) is 136 Å². The van der Waals surface area contributed by atoms with E-state index in [0.717, 1.165) is 166 Å². The highest BCUT2D eigenvalue weighted by Crippen LogP contribution is 2.44. The molecule has 4 saturated carbocycles. The minimum atomic E-state index is -0.626. The van der Waals surface area contributed by atoms with E-state index in [1.807, 2.05) is 27.7 Å². The number of fused-ring (bicyclic) bond motifs is 4. The zero-order valence-electron chi connectivity index (χ0n) is 85.2. The van der Waals surface area contributed by atoms with Crippen molar-refractivity contribution in [2.24, 2.45) is 47.3 Å². The largest absolute Gasteiger partial charge is 0.494 e. The van der Waals surface area contributed by atoms with Gasteiger partial charge in [-0.25, -0.2) is 36.7 Å². The van der Waals surface area contributed by atoms with E-state index >= 15 is 0 Å². The van der Waals surface area contributed by atoms with Crippen molar-refractivity contribution in [3.63, 3.8) is 0 Å². The van der Waals surface area contributed by atoms with Gasteiger partial charge < -0.3 is 53.1 Å². The molecule has 19 rings (SSSR count). The first-order valence-electron chi connectivity index (χ1n) is 48.9. The number of carbonyl (C=O) groups excluding carboxylic acids is 7. The Kier molecular flexibility index (Phi) is 42.6. The summed E-state index contributed by atoms with van der Waals surface area (Å²) in [5, 5.41) is 48.7. The van der Waals surface area contributed by atoms with Gasteiger partial charge in [-0.3, -0.25) is 44.4 Å². The average molecular weight is 2270 g/mol. The fraction of sp³-hybridized carbons (Fsp3) is 0.486. The molecule has 4 aromatic carbocycles. The van der Waals surface area contributed by atoms with Gasteiger partial charge in [0.1, 0.15) is 74.4 Å². The minimum Gasteiger partial charge on any atom is -0.494 e. The summed E-state index contributed by atoms with van der Waals surface area (Å²) in [5.74, 6) is 7.34. The van der Waals surface area contributed by atoms with Crippen LogP contribution in [0.2, 0.25) is 0 Å². The molecule has 11 heterocycles. The van der Waals surface area contributed by atoms with Gasteiger partial charge in [0, 0.05) is 88.6 Å². The Labute approximate surface area is 889 Å². The summed E-state index contributed by atoms with van der Waals surface area (Å²) in [5.41, 5.74) is 0.687. The molecule has 5 unspecified atom stereocenters. The number of rotatable bonds is 22. The molecule has 0 spiro atoms. The number of β-amino-alcohol motifs (C(OH)–C–C–N with tert-alkyl or cyclic N) is 1. The molecule has 7 aromatic heterocycles. The zero-order valence-corrected chi connectivity index (χ0v) is 90.8. The highest BCUT2D eigenvalue weighted by Gasteiger charge is 2.46. The molecule has 800 valence electrons. The number of nitrogens with zero attached hydrogens (tertiary/aromatic N) is 14. The third-order valence-corrected chi connectivity index (χ3v) is 26.2. The predicted molar refractivity (Wildman–Crippen MR) is 557 cm³/mol. The van der Waals surface area contributed by atoms with Gasteiger partial charge in [-0.2, -0.15) is 54.4 Å². The maximum Gasteiger partial charge on any atom is 0.435 e. The van der Waals surface area contributed by atoms with Crippen molar-refractivity contribution in [1.82, 2.24) is 89.7 Å². The number of likely N-dealkylation sites (tertiary alicyclic amines) is 3. The van der Waals surface area contributed by atoms with Crippen LogP contribution in [0.1, 0.15) is 190 Å². The Morgan fingerprint density at radius 3 is 1.01 bits per heavy atom. The normalized spacial score (nSPS) is 21.1. The fourth-order valence-electron chi connectivity index (χ4n) is 18.4. The van der Waals surface area contributed by atoms with Crippen LogP contribution in [0, 0.1) is 70.6 Å². The van der Waals surface area contributed by atoms with Crippen LogP contribution in [0.15, 0.2) is 199 Å². The number of hydrogen-bond acceptors (Lipinski definition) is 28. The van der Waals surface area contributed by atoms with Crippen LogP contribution in [0.5, 0.6) is 23.0 Å². The van der Waals surface area contributed by atoms with Crippen LogP contribution in [0.4, 0.5) is 36.7 Å². The third kappa shape index (κ3) is 37.5. The van der Waals surface area contributed by atoms with Crippen LogP contribution in [-0.2, 0) is 23.7 Å². The molecule has 0 radical (unpaired) electrons. The van der Waals surface area contributed by atoms with E-state index in [0.29, 0.717) is 102 Å². The van der Waals surface area contributed by atoms with Crippen molar-refractivity contribution in [3.8, 4) is 23.0 Å². The first kappa shape index (κ1) is 117. The summed E-state index contributed by atoms with van der Waals surface area (Å²) >= 11 is 9.42. The van der Waals surface area contributed by atoms with Crippen molar-refractivity contribution in [1.29, 1.82) is 0 Å². The SMILES string of the molecule is Brc1cn[nH]c1.C=C(OCC)c1cnn(C(=O)OC(C)(C)C)c1.CC(C)(C)OC(=O)n1cc(Br)cn1.CC(C)(C)OC(=O)n1cc(C(=O)CBr)cn1.CC(C)(C)OC(=O)n1cc(C(=O)CN2C[C@H]3CC(Oc4ccc(F)cc4)C[C@H]3C2)cn1.Cl.Fc1ccc(OC2C[C@H]3CNC[C@H]3C2)cc1.O=C(CN1C[C@H]2CC(Oc3ccc(F)cc3)C[C@H]2C1)c1cn[nH]c1.OC(CN1C[C@H]2CC(Oc3ccc(F)cc3)C[C@H]2C1)c1cn[nH]c1. The van der Waals surface area contributed by atoms with Gasteiger partial charge >= 0.3 is 24.4 Å². The number of H-pyrrole nitrogens is 3. The standard InChI is InChI=1S/C23H28FN3O4.C18H22FN3O2.C18H20FN3O2.C13H16FNO.C12H18N2O3.C10H13BrN2O3.C8H11BrN2O2.C3H3BrN2.ClH/c1-23(2,3)31-22(29)27-13-17(10-25-27)21(28)14-26-11-15-8-20(9-16(15)12-26)30-19-6-4-18(24)5-7-19;2*19-15-1-3-16(4-2-15)24-17-5-12-9-22(10-13(12)6-17)11-18(23)14-7-20-21-8-14;14-11-1-3-12(4-2-11)16-13-5-9-7-15-8-10(9)6-13;1-6-16-9(2)10-7-13-14(8-10)11(15)17-12(3,4)5;1-10(2,3)16-9(15)13-6-7(5-12-13)8(14)4-11;1-8(2,3)13-7(12)11-5-6(9)4-10-11;4-3-1-5-6-2-3;/h4-7,10,13,15-16,20H,8-9,11-12,14H2,1-3H3;1-4,7-8,12-13,17-18,23H,5-6,9-11H2,(H,20,21);1-4,7-8,12-13,17H,5-6,9-11H2,(H,20,21);1-4,9-10,13,15H,5-8H2;7-8H,2,6H2,1,3-5H3;5-6H,4H2,1-3H3;4-5H,1-3H3;1-2H,(H,5,6);1H/t15-,16+,20?;12-,13+,17?,18?;12-,13+,17?;9-,10+,13?;;;;;. The fourth-order valence-corrected chi connectivity index (χ4v) is 19.3. The highest BCUT2D eigenvalue weighted by molar-refractivity contribution is 9.10. The summed E-state index contributed by atoms with van der Waals surface area (Å²) < 4.78 is 107. The summed E-state index contributed by atoms with van der Waals surface area (Å²) in [7, 11) is 0. The number of aliphatic hydroxyl groups excluding tert-OH is 1. The summed E-state index contributed by atoms with van der Waals surface area (Å²) in [6.07, 6.45) is 28.1. The van der Waals surface area contributed by atoms with Crippen LogP contribution in [-0.4, -0.2) is 262 Å². The molecule has 8 aliphatic rings. The second-order valence-corrected chi connectivity index (χ2v) is 43.7. The van der Waals surface area contributed by atoms with E-state index in [2.05, 4.69) is 125 Å². The second-order valence-electron chi connectivity index (χ2n) is 41.3. The number of halogens is 8. The topological polar surface area (TPSA) is 402 Å². The Bertz CT molecular complexity index is 5990. The zero-order chi connectivity index (χ0) is 106. The molecule has 0 amide bonds. The number of aromatic nitrogens is 14. The van der Waals surface area contributed by atoms with Crippen molar-refractivity contribution < 1.29 is 98.9 Å². The number of aromatic amines is 3. The average Bonchev–Trinajstić information content (AvgIpc) is 1.65. The number of aliphatic hydroxyl groups is 1. The Balaban J connectivity index is 0.000000165. The molecule has 43 heteroatoms. The van der Waals surface area contributed by atoms with Crippen molar-refractivity contribution in [2.75, 3.05) is 83.9 Å². The van der Waals surface area contributed by atoms with E-state index in [4.69, 9.17) is 42.6 Å². The number of Topliss-reactive ketones (excluding diaryl/α,β-unsaturated/α-hetero) is 3. The Morgan fingerprint density at radius 2 is 0.709 bits per heavy atom. The van der Waals surface area contributed by atoms with Crippen LogP contribution in [0.25, 0.3) is 5.76 Å². The van der Waals surface area contributed by atoms with E-state index < -0.39 is 52.9 Å². The van der Waals surface area contributed by atoms with Crippen molar-refractivity contribution in [3.05, 3.63) is 250 Å². The lowest BCUT2D eigenvalue weighted by atomic mass is 10.0. The number of ketones is 3. The van der Waals surface area contributed by atoms with Gasteiger partial charge in [0.25, 0.3) is 0 Å². The van der Waals surface area contributed by atoms with Crippen LogP contribution < -0.4 is 24.3 Å². The van der Waals surface area contributed by atoms with Gasteiger partial charge in [-0.15, -0.1) is 12.4 Å². The van der Waals surface area contributed by atoms with Crippen LogP contribution >= 0.6 is 60.2 Å². The van der Waals surface area contributed by atoms with E-state index in [-0.39, 0.29) is 76.7 Å². The van der Waals surface area contributed by atoms with Gasteiger partial charge in [0.15, 0.2) is 17.3 Å². The summed E-state index contributed by atoms with van der Waals surface area (Å²) in [6, 6.07) is 24.9. The van der Waals surface area contributed by atoms with Crippen molar-refractivity contribution in [2.45, 2.75) is 194 Å². The van der Waals surface area contributed by atoms with Gasteiger partial charge in [-0.1, -0.05) is 22.5 Å². The Morgan fingerprint density at radius 1 is 0.399 bits per heavy atom. The predicted octanol–water partition coefficient (Wildman–Crippen LogP) is 19.8. The second kappa shape index (κ2) is 54.1. The quantitative estimate of drug-likeness (QED) is 0.0138. The van der Waals surface area contributed by atoms with Gasteiger partial charge in [-0.05, 0) is 331 Å². The molecular formula is C105H132Br3ClF4N18O17. The number of nitrogens with one attached hydrogen (secondary N) is 4. The lowest BCUT2D eigenvalue weighted by Gasteiger charge is -2.22. The maximum absolute atomic E-state index is 13.0. The third-order valence-electron chi connectivity index (χ3n) is 24.8. The molecule has 11 aromatic rings. The molecule has 35 nitrogen and oxygen atoms in total. The van der Waals surface area contributed by atoms with Crippen LogP contribution in [0.3, 0.4) is 0 Å². The first-order valence-corrected chi connectivity index (χ1v) is 51.6. The smallest absolute Gasteiger partial charge is 0.435 e. The molecule has 8 fully saturated rings. The van der Waals surface area contributed by atoms with E-state index in [1.54, 1.807) is 154 Å². The van der Waals surface area contributed by atoms with Crippen molar-refractivity contribution >= 4 is 108 Å². The number of benzene rings is 4. The number of alkyl halides is 1. The molecule has 4 aliphatic heterocycles. The molecule has 4 saturated heterocycles. The Hall–Kier alpha value is -11.8. The summed E-state index contributed by atoms with van der Waals surface area (Å²) in [6.45, 7) is 36.8. The lowest BCUT2D eigenvalue weighted by Crippen LogP contribution is -2.30. The molecule has 13 atom stereocenters. The molecule has 0 bridgehead atoms. The molecule has 5 N–H and O–H groups in total. The monoisotopic (exact) mass is 2260 g/mol.